The predicted molar refractivity (Wildman–Crippen MR) is 95.9 cm³/mol. The van der Waals surface area contributed by atoms with Gasteiger partial charge in [-0.15, -0.1) is 16.9 Å². The van der Waals surface area contributed by atoms with Gasteiger partial charge in [0, 0.05) is 23.7 Å². The van der Waals surface area contributed by atoms with Crippen LogP contribution >= 0.6 is 23.4 Å². The molecule has 0 aliphatic carbocycles. The van der Waals surface area contributed by atoms with Crippen molar-refractivity contribution in [2.24, 2.45) is 0 Å². The van der Waals surface area contributed by atoms with Crippen LogP contribution in [0.25, 0.3) is 11.4 Å². The lowest BCUT2D eigenvalue weighted by atomic mass is 10.2. The molecule has 6 nitrogen and oxygen atoms in total. The normalized spacial score (nSPS) is 10.5. The van der Waals surface area contributed by atoms with Crippen molar-refractivity contribution >= 4 is 35.2 Å². The first kappa shape index (κ1) is 16.5. The van der Waals surface area contributed by atoms with Crippen LogP contribution < -0.4 is 5.32 Å². The van der Waals surface area contributed by atoms with Crippen molar-refractivity contribution in [3.05, 3.63) is 59.4 Å². The number of benzene rings is 1. The summed E-state index contributed by atoms with van der Waals surface area (Å²) in [6.07, 6.45) is 3.51. The number of nitrogens with zero attached hydrogens (tertiary/aromatic N) is 3. The van der Waals surface area contributed by atoms with Crippen molar-refractivity contribution in [3.63, 3.8) is 0 Å². The second-order valence-corrected chi connectivity index (χ2v) is 6.28. The number of amides is 1. The van der Waals surface area contributed by atoms with Crippen LogP contribution in [0.5, 0.6) is 0 Å². The fraction of sp³-hybridized carbons (Fsp3) is 0.125. The third-order valence-electron chi connectivity index (χ3n) is 3.09. The van der Waals surface area contributed by atoms with Crippen molar-refractivity contribution in [1.82, 2.24) is 20.2 Å². The number of anilines is 1. The van der Waals surface area contributed by atoms with E-state index >= 15 is 0 Å². The van der Waals surface area contributed by atoms with Gasteiger partial charge in [0.05, 0.1) is 10.8 Å². The lowest BCUT2D eigenvalue weighted by Crippen LogP contribution is -2.15. The van der Waals surface area contributed by atoms with Crippen molar-refractivity contribution in [3.8, 4) is 11.4 Å². The number of aromatic amines is 1. The minimum atomic E-state index is -0.159. The number of H-pyrrole nitrogens is 1. The molecule has 1 aromatic carbocycles. The third kappa shape index (κ3) is 4.33. The quantitative estimate of drug-likeness (QED) is 0.704. The maximum absolute atomic E-state index is 11.9. The summed E-state index contributed by atoms with van der Waals surface area (Å²) >= 11 is 7.62. The van der Waals surface area contributed by atoms with Crippen molar-refractivity contribution in [1.29, 1.82) is 0 Å². The molecule has 3 aromatic rings. The fourth-order valence-corrected chi connectivity index (χ4v) is 2.99. The average molecular weight is 360 g/mol. The Kier molecular flexibility index (Phi) is 5.45. The Bertz CT molecular complexity index is 824. The number of hydrogen-bond acceptors (Lipinski definition) is 5. The molecular weight excluding hydrogens is 346 g/mol. The van der Waals surface area contributed by atoms with Gasteiger partial charge in [-0.3, -0.25) is 20.2 Å². The highest BCUT2D eigenvalue weighted by molar-refractivity contribution is 7.99. The summed E-state index contributed by atoms with van der Waals surface area (Å²) in [7, 11) is 0. The first-order valence-electron chi connectivity index (χ1n) is 7.16. The Labute approximate surface area is 148 Å². The molecule has 0 saturated carbocycles. The molecule has 0 aliphatic rings. The van der Waals surface area contributed by atoms with Gasteiger partial charge in [0.25, 0.3) is 0 Å². The summed E-state index contributed by atoms with van der Waals surface area (Å²) in [5.41, 5.74) is 1.81. The van der Waals surface area contributed by atoms with E-state index in [0.29, 0.717) is 16.6 Å². The second kappa shape index (κ2) is 7.94. The Hall–Kier alpha value is -2.38. The molecule has 2 N–H and O–H groups in total. The smallest absolute Gasteiger partial charge is 0.249 e. The molecule has 0 spiro atoms. The molecule has 122 valence electrons. The molecule has 0 bridgehead atoms. The molecule has 0 saturated heterocycles. The average Bonchev–Trinajstić information content (AvgIpc) is 3.04. The highest BCUT2D eigenvalue weighted by atomic mass is 35.5. The molecule has 0 aliphatic heterocycles. The van der Waals surface area contributed by atoms with E-state index in [1.165, 1.54) is 11.8 Å². The molecule has 0 atom stereocenters. The zero-order valence-electron chi connectivity index (χ0n) is 12.6. The molecule has 2 aromatic heterocycles. The van der Waals surface area contributed by atoms with Crippen LogP contribution in [0.3, 0.4) is 0 Å². The van der Waals surface area contributed by atoms with Crippen molar-refractivity contribution in [2.45, 2.75) is 5.75 Å². The molecule has 24 heavy (non-hydrogen) atoms. The summed E-state index contributed by atoms with van der Waals surface area (Å²) in [6.45, 7) is 0. The van der Waals surface area contributed by atoms with Crippen molar-refractivity contribution < 1.29 is 4.79 Å². The summed E-state index contributed by atoms with van der Waals surface area (Å²) in [5.74, 6) is 1.62. The van der Waals surface area contributed by atoms with Gasteiger partial charge in [0.1, 0.15) is 0 Å². The Morgan fingerprint density at radius 1 is 1.25 bits per heavy atom. The fourth-order valence-electron chi connectivity index (χ4n) is 2.00. The van der Waals surface area contributed by atoms with Crippen LogP contribution in [0.2, 0.25) is 5.02 Å². The van der Waals surface area contributed by atoms with Crippen molar-refractivity contribution in [2.75, 3.05) is 11.1 Å². The molecular formula is C16H14ClN5OS. The first-order valence-corrected chi connectivity index (χ1v) is 8.69. The van der Waals surface area contributed by atoms with Crippen LogP contribution in [0, 0.1) is 0 Å². The summed E-state index contributed by atoms with van der Waals surface area (Å²) in [4.78, 5) is 20.2. The molecule has 0 fully saturated rings. The van der Waals surface area contributed by atoms with Crippen LogP contribution in [0.4, 0.5) is 5.95 Å². The van der Waals surface area contributed by atoms with Crippen LogP contribution in [-0.2, 0) is 10.5 Å². The SMILES string of the molecule is O=C(CSCc1cccnc1)Nc1n[nH]c(-c2ccccc2Cl)n1. The molecule has 0 unspecified atom stereocenters. The Balaban J connectivity index is 1.53. The van der Waals surface area contributed by atoms with Gasteiger partial charge in [-0.25, -0.2) is 0 Å². The Morgan fingerprint density at radius 2 is 2.12 bits per heavy atom. The number of halogens is 1. The summed E-state index contributed by atoms with van der Waals surface area (Å²) in [6, 6.07) is 11.1. The third-order valence-corrected chi connectivity index (χ3v) is 4.42. The standard InChI is InChI=1S/C16H14ClN5OS/c17-13-6-2-1-5-12(13)15-20-16(22-21-15)19-14(23)10-24-9-11-4-3-7-18-8-11/h1-8H,9-10H2,(H2,19,20,21,22,23). The van der Waals surface area contributed by atoms with Crippen LogP contribution in [0.1, 0.15) is 5.56 Å². The van der Waals surface area contributed by atoms with Gasteiger partial charge in [-0.2, -0.15) is 4.98 Å². The van der Waals surface area contributed by atoms with E-state index in [4.69, 9.17) is 11.6 Å². The van der Waals surface area contributed by atoms with E-state index in [1.54, 1.807) is 18.5 Å². The largest absolute Gasteiger partial charge is 0.292 e. The topological polar surface area (TPSA) is 83.6 Å². The predicted octanol–water partition coefficient (Wildman–Crippen LogP) is 3.39. The van der Waals surface area contributed by atoms with E-state index in [9.17, 15) is 4.79 Å². The first-order chi connectivity index (χ1) is 11.7. The maximum atomic E-state index is 11.9. The minimum absolute atomic E-state index is 0.159. The van der Waals surface area contributed by atoms with E-state index in [1.807, 2.05) is 30.3 Å². The zero-order chi connectivity index (χ0) is 16.8. The molecule has 0 radical (unpaired) electrons. The van der Waals surface area contributed by atoms with Gasteiger partial charge in [0.15, 0.2) is 5.82 Å². The number of rotatable bonds is 6. The molecule has 3 rings (SSSR count). The number of aromatic nitrogens is 4. The molecule has 8 heteroatoms. The van der Waals surface area contributed by atoms with Gasteiger partial charge >= 0.3 is 0 Å². The zero-order valence-corrected chi connectivity index (χ0v) is 14.1. The number of carbonyl (C=O) groups excluding carboxylic acids is 1. The second-order valence-electron chi connectivity index (χ2n) is 4.89. The van der Waals surface area contributed by atoms with E-state index in [0.717, 1.165) is 16.9 Å². The highest BCUT2D eigenvalue weighted by Gasteiger charge is 2.11. The number of thioether (sulfide) groups is 1. The minimum Gasteiger partial charge on any atom is -0.292 e. The van der Waals surface area contributed by atoms with E-state index in [2.05, 4.69) is 25.5 Å². The van der Waals surface area contributed by atoms with Gasteiger partial charge in [-0.05, 0) is 23.8 Å². The number of nitrogens with one attached hydrogen (secondary N) is 2. The highest BCUT2D eigenvalue weighted by Crippen LogP contribution is 2.24. The van der Waals surface area contributed by atoms with Gasteiger partial charge in [-0.1, -0.05) is 29.8 Å². The lowest BCUT2D eigenvalue weighted by Gasteiger charge is -2.01. The lowest BCUT2D eigenvalue weighted by molar-refractivity contribution is -0.113. The van der Waals surface area contributed by atoms with E-state index < -0.39 is 0 Å². The van der Waals surface area contributed by atoms with Gasteiger partial charge < -0.3 is 0 Å². The van der Waals surface area contributed by atoms with E-state index in [-0.39, 0.29) is 11.9 Å². The molecule has 1 amide bonds. The Morgan fingerprint density at radius 3 is 2.92 bits per heavy atom. The number of hydrogen-bond donors (Lipinski definition) is 2. The summed E-state index contributed by atoms with van der Waals surface area (Å²) in [5, 5.41) is 10.0. The number of carbonyl (C=O) groups is 1. The molecule has 2 heterocycles. The summed E-state index contributed by atoms with van der Waals surface area (Å²) < 4.78 is 0. The maximum Gasteiger partial charge on any atom is 0.249 e. The monoisotopic (exact) mass is 359 g/mol. The van der Waals surface area contributed by atoms with Crippen LogP contribution in [0.15, 0.2) is 48.8 Å². The van der Waals surface area contributed by atoms with Crippen LogP contribution in [-0.4, -0.2) is 31.8 Å². The van der Waals surface area contributed by atoms with Gasteiger partial charge in [0.2, 0.25) is 11.9 Å². The number of pyridine rings is 1.